The molecule has 0 amide bonds. The predicted molar refractivity (Wildman–Crippen MR) is 77.4 cm³/mol. The highest BCUT2D eigenvalue weighted by molar-refractivity contribution is 5.74. The number of hydrogen-bond donors (Lipinski definition) is 1. The van der Waals surface area contributed by atoms with Crippen LogP contribution in [0.25, 0.3) is 0 Å². The van der Waals surface area contributed by atoms with E-state index in [1.807, 2.05) is 6.92 Å². The number of likely N-dealkylation sites (tertiary alicyclic amines) is 1. The molecule has 0 radical (unpaired) electrons. The molecule has 1 aliphatic heterocycles. The Bertz CT molecular complexity index is 397. The first-order chi connectivity index (χ1) is 9.46. The molecule has 3 heteroatoms. The summed E-state index contributed by atoms with van der Waals surface area (Å²) in [5.74, 6) is 2.38. The Labute approximate surface area is 121 Å². The van der Waals surface area contributed by atoms with Gasteiger partial charge >= 0.3 is 5.97 Å². The largest absolute Gasteiger partial charge is 0.481 e. The lowest BCUT2D eigenvalue weighted by atomic mass is 9.49. The number of carboxylic acids is 1. The summed E-state index contributed by atoms with van der Waals surface area (Å²) in [6.07, 6.45) is 9.59. The molecule has 1 N–H and O–H groups in total. The van der Waals surface area contributed by atoms with Crippen molar-refractivity contribution in [3.05, 3.63) is 0 Å². The molecular formula is C17H27NO2. The van der Waals surface area contributed by atoms with Gasteiger partial charge in [-0.3, -0.25) is 4.79 Å². The van der Waals surface area contributed by atoms with Gasteiger partial charge in [0.2, 0.25) is 0 Å². The fourth-order valence-corrected chi connectivity index (χ4v) is 6.32. The normalized spacial score (nSPS) is 50.8. The number of carboxylic acid groups (broad SMARTS) is 1. The Balaban J connectivity index is 1.46. The zero-order valence-electron chi connectivity index (χ0n) is 12.6. The topological polar surface area (TPSA) is 40.5 Å². The Kier molecular flexibility index (Phi) is 2.77. The van der Waals surface area contributed by atoms with Crippen molar-refractivity contribution in [3.63, 3.8) is 0 Å². The first-order valence-corrected chi connectivity index (χ1v) is 8.42. The van der Waals surface area contributed by atoms with Crippen LogP contribution in [-0.2, 0) is 4.79 Å². The van der Waals surface area contributed by atoms with Crippen LogP contribution >= 0.6 is 0 Å². The molecule has 1 unspecified atom stereocenters. The highest BCUT2D eigenvalue weighted by Crippen LogP contribution is 2.60. The van der Waals surface area contributed by atoms with Gasteiger partial charge in [0.25, 0.3) is 0 Å². The Morgan fingerprint density at radius 2 is 1.70 bits per heavy atom. The third-order valence-electron chi connectivity index (χ3n) is 6.79. The summed E-state index contributed by atoms with van der Waals surface area (Å²) in [7, 11) is 0. The Morgan fingerprint density at radius 3 is 2.15 bits per heavy atom. The lowest BCUT2D eigenvalue weighted by Gasteiger charge is -2.57. The van der Waals surface area contributed by atoms with Gasteiger partial charge < -0.3 is 10.0 Å². The number of aliphatic carboxylic acids is 1. The van der Waals surface area contributed by atoms with Crippen molar-refractivity contribution in [2.75, 3.05) is 19.6 Å². The van der Waals surface area contributed by atoms with E-state index < -0.39 is 11.4 Å². The second-order valence-corrected chi connectivity index (χ2v) is 8.74. The number of rotatable bonds is 3. The van der Waals surface area contributed by atoms with Crippen molar-refractivity contribution in [1.82, 2.24) is 4.90 Å². The standard InChI is InChI=1S/C17H27NO2/c1-16(15(19)20)2-3-18(10-16)11-17-7-12-4-13(8-17)6-14(5-12)9-17/h12-14H,2-11H2,1H3,(H,19,20). The minimum absolute atomic E-state index is 0.498. The maximum Gasteiger partial charge on any atom is 0.310 e. The molecule has 4 bridgehead atoms. The predicted octanol–water partition coefficient (Wildman–Crippen LogP) is 3.00. The summed E-state index contributed by atoms with van der Waals surface area (Å²) in [6.45, 7) is 4.86. The lowest BCUT2D eigenvalue weighted by Crippen LogP contribution is -2.51. The van der Waals surface area contributed by atoms with Gasteiger partial charge in [0, 0.05) is 13.1 Å². The monoisotopic (exact) mass is 277 g/mol. The molecule has 5 rings (SSSR count). The minimum Gasteiger partial charge on any atom is -0.481 e. The van der Waals surface area contributed by atoms with Crippen LogP contribution in [0.15, 0.2) is 0 Å². The van der Waals surface area contributed by atoms with Crippen LogP contribution < -0.4 is 0 Å². The van der Waals surface area contributed by atoms with Crippen LogP contribution in [0, 0.1) is 28.6 Å². The molecule has 1 atom stereocenters. The van der Waals surface area contributed by atoms with Gasteiger partial charge in [0.05, 0.1) is 5.41 Å². The third kappa shape index (κ3) is 2.01. The smallest absolute Gasteiger partial charge is 0.310 e. The van der Waals surface area contributed by atoms with Crippen molar-refractivity contribution >= 4 is 5.97 Å². The van der Waals surface area contributed by atoms with Crippen molar-refractivity contribution in [1.29, 1.82) is 0 Å². The van der Waals surface area contributed by atoms with Crippen LogP contribution in [-0.4, -0.2) is 35.6 Å². The van der Waals surface area contributed by atoms with Gasteiger partial charge in [-0.05, 0) is 81.6 Å². The molecule has 5 aliphatic rings. The molecule has 112 valence electrons. The van der Waals surface area contributed by atoms with E-state index in [1.165, 1.54) is 45.1 Å². The van der Waals surface area contributed by atoms with Gasteiger partial charge in [-0.1, -0.05) is 0 Å². The van der Waals surface area contributed by atoms with E-state index in [0.29, 0.717) is 5.41 Å². The first kappa shape index (κ1) is 13.1. The highest BCUT2D eigenvalue weighted by Gasteiger charge is 2.52. The zero-order valence-corrected chi connectivity index (χ0v) is 12.6. The molecule has 0 aromatic carbocycles. The fourth-order valence-electron chi connectivity index (χ4n) is 6.32. The summed E-state index contributed by atoms with van der Waals surface area (Å²) >= 11 is 0. The van der Waals surface area contributed by atoms with Crippen molar-refractivity contribution < 1.29 is 9.90 Å². The summed E-state index contributed by atoms with van der Waals surface area (Å²) in [5, 5.41) is 9.39. The van der Waals surface area contributed by atoms with E-state index in [9.17, 15) is 9.90 Å². The molecule has 1 heterocycles. The Morgan fingerprint density at radius 1 is 1.15 bits per heavy atom. The molecular weight excluding hydrogens is 250 g/mol. The van der Waals surface area contributed by atoms with E-state index in [2.05, 4.69) is 4.90 Å². The van der Waals surface area contributed by atoms with Crippen LogP contribution in [0.3, 0.4) is 0 Å². The number of nitrogens with zero attached hydrogens (tertiary/aromatic N) is 1. The quantitative estimate of drug-likeness (QED) is 0.862. The van der Waals surface area contributed by atoms with Crippen LogP contribution in [0.5, 0.6) is 0 Å². The zero-order chi connectivity index (χ0) is 14.0. The second kappa shape index (κ2) is 4.22. The SMILES string of the molecule is CC1(C(=O)O)CCN(CC23CC4CC(CC(C4)C2)C3)C1. The summed E-state index contributed by atoms with van der Waals surface area (Å²) in [6, 6.07) is 0. The van der Waals surface area contributed by atoms with Gasteiger partial charge in [-0.25, -0.2) is 0 Å². The number of hydrogen-bond acceptors (Lipinski definition) is 2. The van der Waals surface area contributed by atoms with E-state index in [0.717, 1.165) is 37.3 Å². The fraction of sp³-hybridized carbons (Fsp3) is 0.941. The van der Waals surface area contributed by atoms with Crippen LogP contribution in [0.4, 0.5) is 0 Å². The lowest BCUT2D eigenvalue weighted by molar-refractivity contribution is -0.147. The maximum absolute atomic E-state index is 11.4. The maximum atomic E-state index is 11.4. The third-order valence-corrected chi connectivity index (χ3v) is 6.79. The van der Waals surface area contributed by atoms with E-state index in [4.69, 9.17) is 0 Å². The van der Waals surface area contributed by atoms with Crippen LogP contribution in [0.1, 0.15) is 51.9 Å². The molecule has 0 aromatic rings. The van der Waals surface area contributed by atoms with E-state index in [1.54, 1.807) is 0 Å². The highest BCUT2D eigenvalue weighted by atomic mass is 16.4. The average molecular weight is 277 g/mol. The minimum atomic E-state index is -0.606. The molecule has 0 aromatic heterocycles. The summed E-state index contributed by atoms with van der Waals surface area (Å²) < 4.78 is 0. The van der Waals surface area contributed by atoms with Crippen molar-refractivity contribution in [2.45, 2.75) is 51.9 Å². The summed E-state index contributed by atoms with van der Waals surface area (Å²) in [5.41, 5.74) is 0.0563. The Hall–Kier alpha value is -0.570. The molecule has 4 saturated carbocycles. The number of carbonyl (C=O) groups is 1. The molecule has 1 saturated heterocycles. The molecule has 20 heavy (non-hydrogen) atoms. The van der Waals surface area contributed by atoms with E-state index >= 15 is 0 Å². The van der Waals surface area contributed by atoms with E-state index in [-0.39, 0.29) is 0 Å². The average Bonchev–Trinajstić information content (AvgIpc) is 2.69. The van der Waals surface area contributed by atoms with Crippen molar-refractivity contribution in [2.24, 2.45) is 28.6 Å². The van der Waals surface area contributed by atoms with Gasteiger partial charge in [-0.2, -0.15) is 0 Å². The van der Waals surface area contributed by atoms with Gasteiger partial charge in [0.15, 0.2) is 0 Å². The molecule has 4 aliphatic carbocycles. The second-order valence-electron chi connectivity index (χ2n) is 8.74. The summed E-state index contributed by atoms with van der Waals surface area (Å²) in [4.78, 5) is 13.9. The molecule has 0 spiro atoms. The van der Waals surface area contributed by atoms with Crippen molar-refractivity contribution in [3.8, 4) is 0 Å². The van der Waals surface area contributed by atoms with Crippen LogP contribution in [0.2, 0.25) is 0 Å². The van der Waals surface area contributed by atoms with Gasteiger partial charge in [0.1, 0.15) is 0 Å². The molecule has 3 nitrogen and oxygen atoms in total. The first-order valence-electron chi connectivity index (χ1n) is 8.42. The van der Waals surface area contributed by atoms with Gasteiger partial charge in [-0.15, -0.1) is 0 Å². The molecule has 5 fully saturated rings.